The van der Waals surface area contributed by atoms with E-state index in [2.05, 4.69) is 26.2 Å². The van der Waals surface area contributed by atoms with Gasteiger partial charge in [0.05, 0.1) is 17.8 Å². The van der Waals surface area contributed by atoms with E-state index in [1.54, 1.807) is 23.0 Å². The Morgan fingerprint density at radius 3 is 2.70 bits per heavy atom. The standard InChI is InChI=1S/C24H32N6O2S/c1-7-32-20-14-30(24-25-10-11-33-24)13-19(20)27-21-16(3)26-22(29(6)23(21)31)18-9-8-17(28(4)5)12-15(18)2/h8-12,19-20,27H,7,13-14H2,1-6H3. The van der Waals surface area contributed by atoms with Crippen molar-refractivity contribution < 1.29 is 4.74 Å². The number of rotatable bonds is 7. The smallest absolute Gasteiger partial charge is 0.277 e. The Morgan fingerprint density at radius 2 is 2.06 bits per heavy atom. The minimum Gasteiger partial charge on any atom is -0.378 e. The number of nitrogens with one attached hydrogen (secondary N) is 1. The Hall–Kier alpha value is -2.91. The van der Waals surface area contributed by atoms with Gasteiger partial charge in [-0.3, -0.25) is 9.36 Å². The first-order valence-electron chi connectivity index (χ1n) is 11.2. The number of hydrogen-bond acceptors (Lipinski definition) is 8. The van der Waals surface area contributed by atoms with Gasteiger partial charge in [0.25, 0.3) is 5.56 Å². The average molecular weight is 469 g/mol. The zero-order chi connectivity index (χ0) is 23.7. The molecular weight excluding hydrogens is 436 g/mol. The molecule has 1 aliphatic rings. The molecule has 4 rings (SSSR count). The number of aryl methyl sites for hydroxylation is 2. The van der Waals surface area contributed by atoms with E-state index in [4.69, 9.17) is 9.72 Å². The number of ether oxygens (including phenoxy) is 1. The maximum atomic E-state index is 13.4. The molecule has 1 aliphatic heterocycles. The number of thiazole rings is 1. The number of aromatic nitrogens is 3. The van der Waals surface area contributed by atoms with Crippen molar-refractivity contribution in [1.29, 1.82) is 0 Å². The van der Waals surface area contributed by atoms with Crippen LogP contribution in [0.25, 0.3) is 11.4 Å². The molecule has 3 heterocycles. The van der Waals surface area contributed by atoms with Gasteiger partial charge in [-0.25, -0.2) is 9.97 Å². The van der Waals surface area contributed by atoms with Crippen LogP contribution in [0.2, 0.25) is 0 Å². The summed E-state index contributed by atoms with van der Waals surface area (Å²) in [6.07, 6.45) is 1.77. The lowest BCUT2D eigenvalue weighted by Gasteiger charge is -2.22. The molecule has 0 spiro atoms. The van der Waals surface area contributed by atoms with Gasteiger partial charge in [-0.1, -0.05) is 0 Å². The molecule has 3 aromatic rings. The normalized spacial score (nSPS) is 18.1. The Morgan fingerprint density at radius 1 is 1.27 bits per heavy atom. The van der Waals surface area contributed by atoms with E-state index in [1.807, 2.05) is 58.6 Å². The maximum Gasteiger partial charge on any atom is 0.277 e. The fraction of sp³-hybridized carbons (Fsp3) is 0.458. The molecule has 0 saturated carbocycles. The Labute approximate surface area is 198 Å². The SMILES string of the molecule is CCOC1CN(c2nccs2)CC1Nc1c(C)nc(-c2ccc(N(C)C)cc2C)n(C)c1=O. The van der Waals surface area contributed by atoms with Crippen molar-refractivity contribution in [3.8, 4) is 11.4 Å². The predicted molar refractivity (Wildman–Crippen MR) is 136 cm³/mol. The van der Waals surface area contributed by atoms with Crippen molar-refractivity contribution in [3.05, 3.63) is 51.4 Å². The van der Waals surface area contributed by atoms with Crippen molar-refractivity contribution in [3.63, 3.8) is 0 Å². The minimum atomic E-state index is -0.0865. The van der Waals surface area contributed by atoms with Crippen molar-refractivity contribution in [1.82, 2.24) is 14.5 Å². The van der Waals surface area contributed by atoms with E-state index in [0.717, 1.165) is 28.5 Å². The molecule has 1 N–H and O–H groups in total. The minimum absolute atomic E-state index is 0.0333. The van der Waals surface area contributed by atoms with Gasteiger partial charge in [0.1, 0.15) is 11.5 Å². The summed E-state index contributed by atoms with van der Waals surface area (Å²) < 4.78 is 7.64. The zero-order valence-corrected chi connectivity index (χ0v) is 20.9. The number of hydrogen-bond donors (Lipinski definition) is 1. The first-order valence-corrected chi connectivity index (χ1v) is 12.1. The molecule has 176 valence electrons. The fourth-order valence-electron chi connectivity index (χ4n) is 4.30. The molecule has 2 aromatic heterocycles. The third-order valence-corrected chi connectivity index (χ3v) is 6.94. The van der Waals surface area contributed by atoms with E-state index in [-0.39, 0.29) is 17.7 Å². The Kier molecular flexibility index (Phi) is 6.71. The second kappa shape index (κ2) is 9.52. The van der Waals surface area contributed by atoms with Gasteiger partial charge in [0, 0.05) is 63.7 Å². The van der Waals surface area contributed by atoms with E-state index in [9.17, 15) is 4.79 Å². The topological polar surface area (TPSA) is 75.5 Å². The summed E-state index contributed by atoms with van der Waals surface area (Å²) >= 11 is 1.61. The largest absolute Gasteiger partial charge is 0.378 e. The molecule has 1 fully saturated rings. The van der Waals surface area contributed by atoms with Crippen LogP contribution in [-0.4, -0.2) is 60.5 Å². The van der Waals surface area contributed by atoms with Gasteiger partial charge in [-0.15, -0.1) is 11.3 Å². The summed E-state index contributed by atoms with van der Waals surface area (Å²) in [5.74, 6) is 0.669. The maximum absolute atomic E-state index is 13.4. The van der Waals surface area contributed by atoms with Crippen LogP contribution in [0.4, 0.5) is 16.5 Å². The van der Waals surface area contributed by atoms with Crippen LogP contribution in [0.15, 0.2) is 34.6 Å². The zero-order valence-electron chi connectivity index (χ0n) is 20.1. The number of benzene rings is 1. The van der Waals surface area contributed by atoms with Gasteiger partial charge >= 0.3 is 0 Å². The van der Waals surface area contributed by atoms with Gasteiger partial charge in [-0.2, -0.15) is 0 Å². The molecule has 0 aliphatic carbocycles. The monoisotopic (exact) mass is 468 g/mol. The highest BCUT2D eigenvalue weighted by Crippen LogP contribution is 2.28. The van der Waals surface area contributed by atoms with Crippen LogP contribution >= 0.6 is 11.3 Å². The third kappa shape index (κ3) is 4.60. The Balaban J connectivity index is 1.64. The summed E-state index contributed by atoms with van der Waals surface area (Å²) in [5.41, 5.74) is 4.28. The fourth-order valence-corrected chi connectivity index (χ4v) is 4.96. The van der Waals surface area contributed by atoms with Crippen LogP contribution in [0, 0.1) is 13.8 Å². The van der Waals surface area contributed by atoms with Crippen LogP contribution in [-0.2, 0) is 11.8 Å². The summed E-state index contributed by atoms with van der Waals surface area (Å²) in [5, 5.41) is 6.41. The second-order valence-corrected chi connectivity index (χ2v) is 9.49. The van der Waals surface area contributed by atoms with Crippen molar-refractivity contribution in [2.45, 2.75) is 32.9 Å². The Bertz CT molecular complexity index is 1170. The molecule has 8 nitrogen and oxygen atoms in total. The third-order valence-electron chi connectivity index (χ3n) is 6.11. The molecule has 0 radical (unpaired) electrons. The first-order chi connectivity index (χ1) is 15.8. The molecule has 0 bridgehead atoms. The van der Waals surface area contributed by atoms with Crippen LogP contribution in [0.3, 0.4) is 0 Å². The van der Waals surface area contributed by atoms with Gasteiger partial charge in [0.15, 0.2) is 5.13 Å². The van der Waals surface area contributed by atoms with E-state index < -0.39 is 0 Å². The summed E-state index contributed by atoms with van der Waals surface area (Å²) in [7, 11) is 5.81. The quantitative estimate of drug-likeness (QED) is 0.570. The van der Waals surface area contributed by atoms with Crippen molar-refractivity contribution in [2.75, 3.05) is 48.9 Å². The molecular formula is C24H32N6O2S. The molecule has 9 heteroatoms. The first kappa shape index (κ1) is 23.3. The number of anilines is 3. The average Bonchev–Trinajstić information content (AvgIpc) is 3.44. The van der Waals surface area contributed by atoms with E-state index in [1.165, 1.54) is 0 Å². The second-order valence-electron chi connectivity index (χ2n) is 8.62. The molecule has 1 aromatic carbocycles. The molecule has 2 unspecified atom stereocenters. The highest BCUT2D eigenvalue weighted by atomic mass is 32.1. The summed E-state index contributed by atoms with van der Waals surface area (Å²) in [4.78, 5) is 27.0. The molecule has 2 atom stereocenters. The van der Waals surface area contributed by atoms with Crippen LogP contribution in [0.5, 0.6) is 0 Å². The lowest BCUT2D eigenvalue weighted by molar-refractivity contribution is 0.0720. The van der Waals surface area contributed by atoms with Crippen LogP contribution < -0.4 is 20.7 Å². The van der Waals surface area contributed by atoms with Crippen molar-refractivity contribution in [2.24, 2.45) is 7.05 Å². The number of nitrogens with zero attached hydrogens (tertiary/aromatic N) is 5. The molecule has 1 saturated heterocycles. The lowest BCUT2D eigenvalue weighted by Crippen LogP contribution is -2.38. The highest BCUT2D eigenvalue weighted by Gasteiger charge is 2.35. The van der Waals surface area contributed by atoms with Crippen LogP contribution in [0.1, 0.15) is 18.2 Å². The van der Waals surface area contributed by atoms with Gasteiger partial charge in [-0.05, 0) is 44.5 Å². The lowest BCUT2D eigenvalue weighted by atomic mass is 10.1. The summed E-state index contributed by atoms with van der Waals surface area (Å²) in [6, 6.07) is 6.16. The molecule has 33 heavy (non-hydrogen) atoms. The van der Waals surface area contributed by atoms with E-state index in [0.29, 0.717) is 30.4 Å². The molecule has 0 amide bonds. The van der Waals surface area contributed by atoms with E-state index >= 15 is 0 Å². The summed E-state index contributed by atoms with van der Waals surface area (Å²) in [6.45, 7) is 8.00. The van der Waals surface area contributed by atoms with Gasteiger partial charge in [0.2, 0.25) is 0 Å². The van der Waals surface area contributed by atoms with Crippen molar-refractivity contribution >= 4 is 27.8 Å². The predicted octanol–water partition coefficient (Wildman–Crippen LogP) is 3.29. The highest BCUT2D eigenvalue weighted by molar-refractivity contribution is 7.13. The van der Waals surface area contributed by atoms with Gasteiger partial charge < -0.3 is 19.9 Å².